The minimum absolute atomic E-state index is 1.00. The van der Waals surface area contributed by atoms with Crippen molar-refractivity contribution in [2.45, 2.75) is 13.3 Å². The standard InChI is InChI=1S/C4H5IN2S/c1-2-3-6-7-4(5)8-3/h2H2,1H3. The molecule has 0 saturated heterocycles. The summed E-state index contributed by atoms with van der Waals surface area (Å²) >= 11 is 3.82. The third-order valence-electron chi connectivity index (χ3n) is 0.745. The molecule has 0 amide bonds. The molecule has 0 atom stereocenters. The Morgan fingerprint density at radius 3 is 2.62 bits per heavy atom. The third-order valence-corrected chi connectivity index (χ3v) is 2.48. The average molecular weight is 240 g/mol. The Bertz CT molecular complexity index is 174. The van der Waals surface area contributed by atoms with Gasteiger partial charge in [0.1, 0.15) is 5.01 Å². The Labute approximate surface area is 65.5 Å². The molecule has 1 rings (SSSR count). The number of hydrogen-bond donors (Lipinski definition) is 0. The lowest BCUT2D eigenvalue weighted by atomic mass is 10.5. The van der Waals surface area contributed by atoms with E-state index >= 15 is 0 Å². The summed E-state index contributed by atoms with van der Waals surface area (Å²) in [6.45, 7) is 2.08. The number of halogens is 1. The van der Waals surface area contributed by atoms with Crippen molar-refractivity contribution < 1.29 is 0 Å². The topological polar surface area (TPSA) is 25.8 Å². The molecule has 1 aromatic heterocycles. The molecule has 0 unspecified atom stereocenters. The molecule has 0 aliphatic carbocycles. The van der Waals surface area contributed by atoms with Gasteiger partial charge in [-0.15, -0.1) is 10.2 Å². The van der Waals surface area contributed by atoms with Gasteiger partial charge in [-0.2, -0.15) is 0 Å². The highest BCUT2D eigenvalue weighted by Crippen LogP contribution is 2.11. The first-order chi connectivity index (χ1) is 3.83. The summed E-state index contributed by atoms with van der Waals surface area (Å²) in [7, 11) is 0. The molecule has 0 fully saturated rings. The predicted octanol–water partition coefficient (Wildman–Crippen LogP) is 1.71. The molecule has 0 aliphatic heterocycles. The van der Waals surface area contributed by atoms with Crippen LogP contribution in [-0.2, 0) is 6.42 Å². The number of nitrogens with zero attached hydrogens (tertiary/aromatic N) is 2. The first kappa shape index (κ1) is 6.41. The monoisotopic (exact) mass is 240 g/mol. The second-order valence-electron chi connectivity index (χ2n) is 1.30. The van der Waals surface area contributed by atoms with Crippen molar-refractivity contribution in [3.05, 3.63) is 8.02 Å². The fraction of sp³-hybridized carbons (Fsp3) is 0.500. The number of aryl methyl sites for hydroxylation is 1. The van der Waals surface area contributed by atoms with Gasteiger partial charge in [0.25, 0.3) is 0 Å². The van der Waals surface area contributed by atoms with Gasteiger partial charge in [-0.05, 0) is 29.0 Å². The van der Waals surface area contributed by atoms with E-state index in [1.807, 2.05) is 0 Å². The van der Waals surface area contributed by atoms with Crippen LogP contribution in [0.3, 0.4) is 0 Å². The van der Waals surface area contributed by atoms with Crippen molar-refractivity contribution in [2.75, 3.05) is 0 Å². The fourth-order valence-electron chi connectivity index (χ4n) is 0.376. The van der Waals surface area contributed by atoms with Gasteiger partial charge in [-0.25, -0.2) is 0 Å². The highest BCUT2D eigenvalue weighted by molar-refractivity contribution is 14.1. The Morgan fingerprint density at radius 1 is 1.62 bits per heavy atom. The lowest BCUT2D eigenvalue weighted by molar-refractivity contribution is 0.974. The van der Waals surface area contributed by atoms with E-state index in [0.717, 1.165) is 14.4 Å². The third kappa shape index (κ3) is 1.38. The van der Waals surface area contributed by atoms with Crippen molar-refractivity contribution in [3.63, 3.8) is 0 Å². The summed E-state index contributed by atoms with van der Waals surface area (Å²) in [5.74, 6) is 0. The van der Waals surface area contributed by atoms with Crippen LogP contribution in [-0.4, -0.2) is 10.2 Å². The van der Waals surface area contributed by atoms with E-state index in [9.17, 15) is 0 Å². The zero-order chi connectivity index (χ0) is 5.98. The molecule has 0 radical (unpaired) electrons. The highest BCUT2D eigenvalue weighted by Gasteiger charge is 1.94. The summed E-state index contributed by atoms with van der Waals surface area (Å²) in [6.07, 6.45) is 1.00. The van der Waals surface area contributed by atoms with Crippen LogP contribution in [0.5, 0.6) is 0 Å². The molecule has 0 saturated carbocycles. The molecule has 0 aliphatic rings. The normalized spacial score (nSPS) is 9.75. The Hall–Kier alpha value is 0.290. The van der Waals surface area contributed by atoms with Gasteiger partial charge in [0.15, 0.2) is 3.01 Å². The maximum Gasteiger partial charge on any atom is 0.178 e. The molecule has 2 nitrogen and oxygen atoms in total. The van der Waals surface area contributed by atoms with Gasteiger partial charge in [0.05, 0.1) is 0 Å². The van der Waals surface area contributed by atoms with Crippen molar-refractivity contribution in [1.29, 1.82) is 0 Å². The lowest BCUT2D eigenvalue weighted by Gasteiger charge is -1.75. The Morgan fingerprint density at radius 2 is 2.38 bits per heavy atom. The molecule has 0 aromatic carbocycles. The number of hydrogen-bond acceptors (Lipinski definition) is 3. The van der Waals surface area contributed by atoms with E-state index in [2.05, 4.69) is 39.7 Å². The smallest absolute Gasteiger partial charge is 0.143 e. The van der Waals surface area contributed by atoms with Crippen LogP contribution in [0.25, 0.3) is 0 Å². The second-order valence-corrected chi connectivity index (χ2v) is 4.12. The van der Waals surface area contributed by atoms with Crippen LogP contribution in [0.1, 0.15) is 11.9 Å². The molecule has 0 spiro atoms. The summed E-state index contributed by atoms with van der Waals surface area (Å²) < 4.78 is 1.03. The summed E-state index contributed by atoms with van der Waals surface area (Å²) in [4.78, 5) is 0. The Kier molecular flexibility index (Phi) is 2.18. The summed E-state index contributed by atoms with van der Waals surface area (Å²) in [6, 6.07) is 0. The van der Waals surface area contributed by atoms with E-state index in [0.29, 0.717) is 0 Å². The number of aromatic nitrogens is 2. The van der Waals surface area contributed by atoms with E-state index < -0.39 is 0 Å². The van der Waals surface area contributed by atoms with Gasteiger partial charge >= 0.3 is 0 Å². The Balaban J connectivity index is 2.84. The van der Waals surface area contributed by atoms with Crippen LogP contribution in [0.2, 0.25) is 0 Å². The molecule has 0 N–H and O–H groups in total. The molecule has 1 aromatic rings. The van der Waals surface area contributed by atoms with Gasteiger partial charge in [0, 0.05) is 0 Å². The summed E-state index contributed by atoms with van der Waals surface area (Å²) in [5, 5.41) is 8.86. The molecule has 8 heavy (non-hydrogen) atoms. The van der Waals surface area contributed by atoms with Crippen LogP contribution < -0.4 is 0 Å². The first-order valence-electron chi connectivity index (χ1n) is 2.31. The van der Waals surface area contributed by atoms with Crippen molar-refractivity contribution >= 4 is 33.9 Å². The van der Waals surface area contributed by atoms with E-state index in [-0.39, 0.29) is 0 Å². The van der Waals surface area contributed by atoms with Crippen LogP contribution >= 0.6 is 33.9 Å². The zero-order valence-corrected chi connectivity index (χ0v) is 7.36. The van der Waals surface area contributed by atoms with Crippen LogP contribution in [0, 0.1) is 3.01 Å². The highest BCUT2D eigenvalue weighted by atomic mass is 127. The number of rotatable bonds is 1. The SMILES string of the molecule is CCc1nnc(I)s1. The average Bonchev–Trinajstić information content (AvgIpc) is 2.14. The van der Waals surface area contributed by atoms with Crippen LogP contribution in [0.4, 0.5) is 0 Å². The minimum atomic E-state index is 1.00. The van der Waals surface area contributed by atoms with Crippen LogP contribution in [0.15, 0.2) is 0 Å². The largest absolute Gasteiger partial charge is 0.178 e. The quantitative estimate of drug-likeness (QED) is 0.698. The van der Waals surface area contributed by atoms with E-state index in [1.165, 1.54) is 0 Å². The van der Waals surface area contributed by atoms with Gasteiger partial charge in [0.2, 0.25) is 0 Å². The fourth-order valence-corrected chi connectivity index (χ4v) is 1.75. The lowest BCUT2D eigenvalue weighted by Crippen LogP contribution is -1.74. The maximum atomic E-state index is 3.90. The minimum Gasteiger partial charge on any atom is -0.143 e. The zero-order valence-electron chi connectivity index (χ0n) is 4.39. The second kappa shape index (κ2) is 2.72. The van der Waals surface area contributed by atoms with Gasteiger partial charge < -0.3 is 0 Å². The van der Waals surface area contributed by atoms with Gasteiger partial charge in [-0.3, -0.25) is 0 Å². The van der Waals surface area contributed by atoms with E-state index in [1.54, 1.807) is 11.3 Å². The van der Waals surface area contributed by atoms with Crippen molar-refractivity contribution in [3.8, 4) is 0 Å². The first-order valence-corrected chi connectivity index (χ1v) is 4.20. The molecular weight excluding hydrogens is 235 g/mol. The predicted molar refractivity (Wildman–Crippen MR) is 42.0 cm³/mol. The van der Waals surface area contributed by atoms with E-state index in [4.69, 9.17) is 0 Å². The molecule has 44 valence electrons. The summed E-state index contributed by atoms with van der Waals surface area (Å²) in [5.41, 5.74) is 0. The molecule has 4 heteroatoms. The van der Waals surface area contributed by atoms with Crippen molar-refractivity contribution in [2.24, 2.45) is 0 Å². The van der Waals surface area contributed by atoms with Crippen molar-refractivity contribution in [1.82, 2.24) is 10.2 Å². The molecule has 0 bridgehead atoms. The van der Waals surface area contributed by atoms with Gasteiger partial charge in [-0.1, -0.05) is 18.3 Å². The molecular formula is C4H5IN2S. The maximum absolute atomic E-state index is 3.90. The molecule has 1 heterocycles.